The van der Waals surface area contributed by atoms with Crippen LogP contribution in [-0.4, -0.2) is 39.8 Å². The first-order chi connectivity index (χ1) is 9.04. The van der Waals surface area contributed by atoms with Crippen molar-refractivity contribution >= 4 is 15.9 Å². The van der Waals surface area contributed by atoms with E-state index in [1.807, 2.05) is 36.2 Å². The van der Waals surface area contributed by atoms with Crippen molar-refractivity contribution in [3.8, 4) is 11.4 Å². The SMILES string of the molecule is CC(O)CN(C)Cc1nc(-c2cccc(Br)c2)no1. The minimum absolute atomic E-state index is 0.377. The molecule has 0 spiro atoms. The van der Waals surface area contributed by atoms with Gasteiger partial charge in [0.15, 0.2) is 0 Å². The van der Waals surface area contributed by atoms with E-state index in [9.17, 15) is 5.11 Å². The smallest absolute Gasteiger partial charge is 0.241 e. The fourth-order valence-corrected chi connectivity index (χ4v) is 2.21. The molecule has 0 aliphatic carbocycles. The zero-order valence-electron chi connectivity index (χ0n) is 10.9. The summed E-state index contributed by atoms with van der Waals surface area (Å²) >= 11 is 3.41. The minimum atomic E-state index is -0.377. The highest BCUT2D eigenvalue weighted by Gasteiger charge is 2.11. The molecule has 1 aromatic heterocycles. The van der Waals surface area contributed by atoms with Crippen LogP contribution in [0.5, 0.6) is 0 Å². The third-order valence-corrected chi connectivity index (χ3v) is 3.03. The van der Waals surface area contributed by atoms with Gasteiger partial charge in [-0.3, -0.25) is 4.90 Å². The number of aromatic nitrogens is 2. The molecule has 0 saturated heterocycles. The molecule has 2 rings (SSSR count). The molecule has 0 amide bonds. The molecule has 0 saturated carbocycles. The van der Waals surface area contributed by atoms with E-state index in [2.05, 4.69) is 26.1 Å². The quantitative estimate of drug-likeness (QED) is 0.914. The average Bonchev–Trinajstić information content (AvgIpc) is 2.76. The van der Waals surface area contributed by atoms with Crippen molar-refractivity contribution in [2.75, 3.05) is 13.6 Å². The molecular formula is C13H16BrN3O2. The number of hydrogen-bond acceptors (Lipinski definition) is 5. The lowest BCUT2D eigenvalue weighted by Gasteiger charge is -2.15. The Morgan fingerprint density at radius 1 is 1.47 bits per heavy atom. The molecule has 1 atom stereocenters. The lowest BCUT2D eigenvalue weighted by atomic mass is 10.2. The number of aliphatic hydroxyl groups excluding tert-OH is 1. The topological polar surface area (TPSA) is 62.4 Å². The first kappa shape index (κ1) is 14.2. The van der Waals surface area contributed by atoms with Crippen molar-refractivity contribution in [3.05, 3.63) is 34.6 Å². The molecule has 102 valence electrons. The Balaban J connectivity index is 2.07. The second kappa shape index (κ2) is 6.27. The number of benzene rings is 1. The van der Waals surface area contributed by atoms with Gasteiger partial charge in [0, 0.05) is 16.6 Å². The minimum Gasteiger partial charge on any atom is -0.392 e. The predicted octanol–water partition coefficient (Wildman–Crippen LogP) is 2.31. The Labute approximate surface area is 120 Å². The highest BCUT2D eigenvalue weighted by molar-refractivity contribution is 9.10. The summed E-state index contributed by atoms with van der Waals surface area (Å²) in [6, 6.07) is 7.74. The first-order valence-electron chi connectivity index (χ1n) is 5.99. The summed E-state index contributed by atoms with van der Waals surface area (Å²) in [5, 5.41) is 13.3. The van der Waals surface area contributed by atoms with E-state index < -0.39 is 0 Å². The van der Waals surface area contributed by atoms with Crippen LogP contribution in [0.3, 0.4) is 0 Å². The van der Waals surface area contributed by atoms with Gasteiger partial charge in [-0.05, 0) is 26.1 Å². The largest absolute Gasteiger partial charge is 0.392 e. The van der Waals surface area contributed by atoms with Crippen LogP contribution >= 0.6 is 15.9 Å². The van der Waals surface area contributed by atoms with Crippen LogP contribution in [-0.2, 0) is 6.54 Å². The maximum Gasteiger partial charge on any atom is 0.241 e. The van der Waals surface area contributed by atoms with Gasteiger partial charge in [0.05, 0.1) is 12.6 Å². The molecule has 1 N–H and O–H groups in total. The van der Waals surface area contributed by atoms with Gasteiger partial charge in [0.25, 0.3) is 0 Å². The third-order valence-electron chi connectivity index (χ3n) is 2.53. The van der Waals surface area contributed by atoms with Gasteiger partial charge in [-0.2, -0.15) is 4.98 Å². The van der Waals surface area contributed by atoms with Crippen molar-refractivity contribution in [1.82, 2.24) is 15.0 Å². The molecule has 0 fully saturated rings. The Kier molecular flexibility index (Phi) is 4.68. The van der Waals surface area contributed by atoms with Crippen molar-refractivity contribution in [1.29, 1.82) is 0 Å². The molecular weight excluding hydrogens is 310 g/mol. The van der Waals surface area contributed by atoms with Crippen molar-refractivity contribution in [3.63, 3.8) is 0 Å². The zero-order valence-corrected chi connectivity index (χ0v) is 12.5. The van der Waals surface area contributed by atoms with Gasteiger partial charge in [0.2, 0.25) is 11.7 Å². The number of aliphatic hydroxyl groups is 1. The summed E-state index contributed by atoms with van der Waals surface area (Å²) in [6.07, 6.45) is -0.377. The Bertz CT molecular complexity index is 542. The fraction of sp³-hybridized carbons (Fsp3) is 0.385. The van der Waals surface area contributed by atoms with Crippen molar-refractivity contribution < 1.29 is 9.63 Å². The normalized spacial score (nSPS) is 12.9. The Hall–Kier alpha value is -1.24. The molecule has 5 nitrogen and oxygen atoms in total. The number of halogens is 1. The van der Waals surface area contributed by atoms with E-state index in [-0.39, 0.29) is 6.10 Å². The fourth-order valence-electron chi connectivity index (χ4n) is 1.81. The molecule has 0 aliphatic heterocycles. The molecule has 2 aromatic rings. The van der Waals surface area contributed by atoms with Crippen LogP contribution in [0.25, 0.3) is 11.4 Å². The van der Waals surface area contributed by atoms with Crippen molar-refractivity contribution in [2.24, 2.45) is 0 Å². The molecule has 1 aromatic carbocycles. The van der Waals surface area contributed by atoms with Crippen LogP contribution < -0.4 is 0 Å². The van der Waals surface area contributed by atoms with E-state index >= 15 is 0 Å². The average molecular weight is 326 g/mol. The predicted molar refractivity (Wildman–Crippen MR) is 75.4 cm³/mol. The maximum atomic E-state index is 9.30. The number of rotatable bonds is 5. The number of nitrogens with zero attached hydrogens (tertiary/aromatic N) is 3. The summed E-state index contributed by atoms with van der Waals surface area (Å²) in [5.41, 5.74) is 0.905. The molecule has 0 bridgehead atoms. The van der Waals surface area contributed by atoms with Crippen molar-refractivity contribution in [2.45, 2.75) is 19.6 Å². The zero-order chi connectivity index (χ0) is 13.8. The summed E-state index contributed by atoms with van der Waals surface area (Å²) in [4.78, 5) is 6.28. The van der Waals surface area contributed by atoms with Gasteiger partial charge < -0.3 is 9.63 Å². The molecule has 1 unspecified atom stereocenters. The van der Waals surface area contributed by atoms with E-state index in [0.29, 0.717) is 24.8 Å². The van der Waals surface area contributed by atoms with E-state index in [1.54, 1.807) is 6.92 Å². The molecule has 0 aliphatic rings. The monoisotopic (exact) mass is 325 g/mol. The van der Waals surface area contributed by atoms with E-state index in [4.69, 9.17) is 4.52 Å². The van der Waals surface area contributed by atoms with Crippen LogP contribution in [0, 0.1) is 0 Å². The first-order valence-corrected chi connectivity index (χ1v) is 6.79. The molecule has 1 heterocycles. The van der Waals surface area contributed by atoms with Crippen LogP contribution in [0.1, 0.15) is 12.8 Å². The second-order valence-corrected chi connectivity index (χ2v) is 5.48. The van der Waals surface area contributed by atoms with E-state index in [0.717, 1.165) is 10.0 Å². The Morgan fingerprint density at radius 3 is 2.95 bits per heavy atom. The van der Waals surface area contributed by atoms with Crippen LogP contribution in [0.4, 0.5) is 0 Å². The highest BCUT2D eigenvalue weighted by Crippen LogP contribution is 2.20. The maximum absolute atomic E-state index is 9.30. The van der Waals surface area contributed by atoms with E-state index in [1.165, 1.54) is 0 Å². The number of likely N-dealkylation sites (N-methyl/N-ethyl adjacent to an activating group) is 1. The van der Waals surface area contributed by atoms with Gasteiger partial charge in [-0.15, -0.1) is 0 Å². The van der Waals surface area contributed by atoms with Gasteiger partial charge >= 0.3 is 0 Å². The standard InChI is InChI=1S/C13H16BrN3O2/c1-9(18)7-17(2)8-12-15-13(16-19-12)10-4-3-5-11(14)6-10/h3-6,9,18H,7-8H2,1-2H3. The third kappa shape index (κ3) is 4.12. The highest BCUT2D eigenvalue weighted by atomic mass is 79.9. The second-order valence-electron chi connectivity index (χ2n) is 4.57. The summed E-state index contributed by atoms with van der Waals surface area (Å²) < 4.78 is 6.19. The molecule has 6 heteroatoms. The van der Waals surface area contributed by atoms with Gasteiger partial charge in [-0.25, -0.2) is 0 Å². The summed E-state index contributed by atoms with van der Waals surface area (Å²) in [7, 11) is 1.90. The van der Waals surface area contributed by atoms with Gasteiger partial charge in [0.1, 0.15) is 0 Å². The van der Waals surface area contributed by atoms with Crippen LogP contribution in [0.15, 0.2) is 33.3 Å². The van der Waals surface area contributed by atoms with Gasteiger partial charge in [-0.1, -0.05) is 33.2 Å². The van der Waals surface area contributed by atoms with Crippen LogP contribution in [0.2, 0.25) is 0 Å². The molecule has 19 heavy (non-hydrogen) atoms. The summed E-state index contributed by atoms with van der Waals surface area (Å²) in [5.74, 6) is 1.11. The number of hydrogen-bond donors (Lipinski definition) is 1. The summed E-state index contributed by atoms with van der Waals surface area (Å²) in [6.45, 7) is 2.83. The lowest BCUT2D eigenvalue weighted by molar-refractivity contribution is 0.131. The lowest BCUT2D eigenvalue weighted by Crippen LogP contribution is -2.26. The Morgan fingerprint density at radius 2 is 2.26 bits per heavy atom. The molecule has 0 radical (unpaired) electrons.